The number of carbonyl (C=O) groups is 1. The van der Waals surface area contributed by atoms with Gasteiger partial charge < -0.3 is 14.9 Å². The Balaban J connectivity index is 2.00. The number of hydrogen-bond donors (Lipinski definition) is 1. The zero-order chi connectivity index (χ0) is 11.5. The summed E-state index contributed by atoms with van der Waals surface area (Å²) in [5.74, 6) is -0.882. The van der Waals surface area contributed by atoms with E-state index < -0.39 is 5.97 Å². The molecule has 0 spiro atoms. The van der Waals surface area contributed by atoms with Gasteiger partial charge in [-0.3, -0.25) is 0 Å². The van der Waals surface area contributed by atoms with E-state index in [4.69, 9.17) is 5.11 Å². The quantitative estimate of drug-likeness (QED) is 0.836. The lowest BCUT2D eigenvalue weighted by Crippen LogP contribution is -2.21. The van der Waals surface area contributed by atoms with E-state index in [0.717, 1.165) is 18.8 Å². The smallest absolute Gasteiger partial charge is 0.335 e. The lowest BCUT2D eigenvalue weighted by molar-refractivity contribution is 0.0697. The predicted octanol–water partition coefficient (Wildman–Crippen LogP) is 1.56. The summed E-state index contributed by atoms with van der Waals surface area (Å²) in [5, 5.41) is 8.77. The Kier molecular flexibility index (Phi) is 2.81. The second kappa shape index (κ2) is 4.26. The molecule has 0 atom stereocenters. The topological polar surface area (TPSA) is 43.8 Å². The largest absolute Gasteiger partial charge is 0.478 e. The Hall–Kier alpha value is -1.97. The van der Waals surface area contributed by atoms with Crippen LogP contribution in [0.15, 0.2) is 36.7 Å². The minimum Gasteiger partial charge on any atom is -0.478 e. The van der Waals surface area contributed by atoms with Crippen molar-refractivity contribution < 1.29 is 9.90 Å². The van der Waals surface area contributed by atoms with Gasteiger partial charge in [-0.2, -0.15) is 0 Å². The van der Waals surface area contributed by atoms with Crippen LogP contribution in [0.25, 0.3) is 0 Å². The van der Waals surface area contributed by atoms with Gasteiger partial charge in [0, 0.05) is 26.0 Å². The molecule has 84 valence electrons. The highest BCUT2D eigenvalue weighted by Gasteiger charge is 2.09. The van der Waals surface area contributed by atoms with Crippen molar-refractivity contribution in [3.63, 3.8) is 0 Å². The number of nitrogens with zero attached hydrogens (tertiary/aromatic N) is 2. The van der Waals surface area contributed by atoms with Gasteiger partial charge in [0.15, 0.2) is 0 Å². The summed E-state index contributed by atoms with van der Waals surface area (Å²) >= 11 is 0. The number of carboxylic acid groups (broad SMARTS) is 1. The van der Waals surface area contributed by atoms with Gasteiger partial charge in [0.1, 0.15) is 0 Å². The summed E-state index contributed by atoms with van der Waals surface area (Å²) in [6, 6.07) is 6.99. The molecular formula is C12H14N2O2. The first-order valence-corrected chi connectivity index (χ1v) is 5.10. The number of rotatable bonds is 3. The molecular weight excluding hydrogens is 204 g/mol. The summed E-state index contributed by atoms with van der Waals surface area (Å²) in [4.78, 5) is 14.9. The van der Waals surface area contributed by atoms with Gasteiger partial charge in [-0.05, 0) is 17.7 Å². The lowest BCUT2D eigenvalue weighted by Gasteiger charge is -2.18. The summed E-state index contributed by atoms with van der Waals surface area (Å²) in [6.45, 7) is 1.68. The van der Waals surface area contributed by atoms with Gasteiger partial charge in [0.05, 0.1) is 12.2 Å². The highest BCUT2D eigenvalue weighted by atomic mass is 16.4. The van der Waals surface area contributed by atoms with E-state index in [1.54, 1.807) is 12.1 Å². The molecule has 1 heterocycles. The molecule has 0 aliphatic carbocycles. The molecule has 0 saturated carbocycles. The summed E-state index contributed by atoms with van der Waals surface area (Å²) in [5.41, 5.74) is 1.45. The van der Waals surface area contributed by atoms with Gasteiger partial charge in [-0.25, -0.2) is 4.79 Å². The SMILES string of the molecule is CN1C=CN(Cc2ccc(C(=O)O)cc2)C1. The maximum atomic E-state index is 10.7. The van der Waals surface area contributed by atoms with Gasteiger partial charge in [-0.1, -0.05) is 12.1 Å². The van der Waals surface area contributed by atoms with E-state index in [1.165, 1.54) is 0 Å². The number of aromatic carboxylic acids is 1. The molecule has 0 saturated heterocycles. The van der Waals surface area contributed by atoms with Crippen LogP contribution in [0.4, 0.5) is 0 Å². The van der Waals surface area contributed by atoms with E-state index in [2.05, 4.69) is 9.80 Å². The molecule has 1 aromatic carbocycles. The maximum Gasteiger partial charge on any atom is 0.335 e. The first-order chi connectivity index (χ1) is 7.65. The summed E-state index contributed by atoms with van der Waals surface area (Å²) in [7, 11) is 2.02. The normalized spacial score (nSPS) is 14.6. The second-order valence-corrected chi connectivity index (χ2v) is 3.95. The van der Waals surface area contributed by atoms with Gasteiger partial charge in [-0.15, -0.1) is 0 Å². The zero-order valence-corrected chi connectivity index (χ0v) is 9.13. The Morgan fingerprint density at radius 3 is 2.50 bits per heavy atom. The van der Waals surface area contributed by atoms with Crippen LogP contribution in [0.3, 0.4) is 0 Å². The van der Waals surface area contributed by atoms with Crippen LogP contribution in [0.2, 0.25) is 0 Å². The Morgan fingerprint density at radius 1 is 1.31 bits per heavy atom. The third-order valence-corrected chi connectivity index (χ3v) is 2.52. The van der Waals surface area contributed by atoms with Crippen LogP contribution >= 0.6 is 0 Å². The van der Waals surface area contributed by atoms with Crippen molar-refractivity contribution >= 4 is 5.97 Å². The maximum absolute atomic E-state index is 10.7. The molecule has 0 radical (unpaired) electrons. The van der Waals surface area contributed by atoms with Crippen LogP contribution in [0.5, 0.6) is 0 Å². The predicted molar refractivity (Wildman–Crippen MR) is 60.7 cm³/mol. The number of carboxylic acids is 1. The number of benzene rings is 1. The molecule has 2 rings (SSSR count). The lowest BCUT2D eigenvalue weighted by atomic mass is 10.1. The van der Waals surface area contributed by atoms with Crippen molar-refractivity contribution in [2.45, 2.75) is 6.54 Å². The molecule has 0 bridgehead atoms. The van der Waals surface area contributed by atoms with Gasteiger partial charge in [0.25, 0.3) is 0 Å². The van der Waals surface area contributed by atoms with Crippen molar-refractivity contribution in [2.24, 2.45) is 0 Å². The van der Waals surface area contributed by atoms with E-state index in [-0.39, 0.29) is 0 Å². The number of hydrogen-bond acceptors (Lipinski definition) is 3. The monoisotopic (exact) mass is 218 g/mol. The van der Waals surface area contributed by atoms with Crippen LogP contribution in [-0.2, 0) is 6.54 Å². The van der Waals surface area contributed by atoms with Crippen LogP contribution < -0.4 is 0 Å². The molecule has 0 unspecified atom stereocenters. The first kappa shape index (κ1) is 10.5. The van der Waals surface area contributed by atoms with E-state index in [1.807, 2.05) is 31.6 Å². The molecule has 1 aromatic rings. The van der Waals surface area contributed by atoms with E-state index in [0.29, 0.717) is 5.56 Å². The molecule has 16 heavy (non-hydrogen) atoms. The standard InChI is InChI=1S/C12H14N2O2/c1-13-6-7-14(9-13)8-10-2-4-11(5-3-10)12(15)16/h2-7H,8-9H2,1H3,(H,15,16). The molecule has 0 aromatic heterocycles. The third kappa shape index (κ3) is 2.34. The van der Waals surface area contributed by atoms with Crippen molar-refractivity contribution in [1.82, 2.24) is 9.80 Å². The Morgan fingerprint density at radius 2 is 2.00 bits per heavy atom. The highest BCUT2D eigenvalue weighted by molar-refractivity contribution is 5.87. The summed E-state index contributed by atoms with van der Waals surface area (Å²) < 4.78 is 0. The average molecular weight is 218 g/mol. The zero-order valence-electron chi connectivity index (χ0n) is 9.13. The molecule has 1 aliphatic rings. The highest BCUT2D eigenvalue weighted by Crippen LogP contribution is 2.11. The molecule has 4 heteroatoms. The van der Waals surface area contributed by atoms with Gasteiger partial charge >= 0.3 is 5.97 Å². The molecule has 1 N–H and O–H groups in total. The van der Waals surface area contributed by atoms with Crippen molar-refractivity contribution in [1.29, 1.82) is 0 Å². The fourth-order valence-electron chi connectivity index (χ4n) is 1.68. The van der Waals surface area contributed by atoms with Crippen LogP contribution in [0.1, 0.15) is 15.9 Å². The molecule has 4 nitrogen and oxygen atoms in total. The average Bonchev–Trinajstić information content (AvgIpc) is 2.65. The third-order valence-electron chi connectivity index (χ3n) is 2.52. The first-order valence-electron chi connectivity index (χ1n) is 5.10. The molecule has 0 amide bonds. The Labute approximate surface area is 94.4 Å². The van der Waals surface area contributed by atoms with Crippen molar-refractivity contribution in [3.05, 3.63) is 47.8 Å². The summed E-state index contributed by atoms with van der Waals surface area (Å²) in [6.07, 6.45) is 4.05. The fourth-order valence-corrected chi connectivity index (χ4v) is 1.68. The Bertz CT molecular complexity index is 412. The van der Waals surface area contributed by atoms with Crippen LogP contribution in [0, 0.1) is 0 Å². The van der Waals surface area contributed by atoms with Gasteiger partial charge in [0.2, 0.25) is 0 Å². The minimum atomic E-state index is -0.882. The fraction of sp³-hybridized carbons (Fsp3) is 0.250. The molecule has 0 fully saturated rings. The van der Waals surface area contributed by atoms with Crippen LogP contribution in [-0.4, -0.2) is 34.6 Å². The van der Waals surface area contributed by atoms with E-state index in [9.17, 15) is 4.79 Å². The second-order valence-electron chi connectivity index (χ2n) is 3.95. The van der Waals surface area contributed by atoms with Crippen molar-refractivity contribution in [2.75, 3.05) is 13.7 Å². The molecule has 1 aliphatic heterocycles. The van der Waals surface area contributed by atoms with Crippen molar-refractivity contribution in [3.8, 4) is 0 Å². The van der Waals surface area contributed by atoms with E-state index >= 15 is 0 Å². The minimum absolute atomic E-state index is 0.331.